The van der Waals surface area contributed by atoms with Crippen molar-refractivity contribution in [3.05, 3.63) is 71.8 Å². The molecule has 0 unspecified atom stereocenters. The number of aromatic amines is 1. The largest absolute Gasteiger partial charge is 0.378 e. The standard InChI is InChI=1S/C23H23N5O3/c1-16-2-4-19(12-21(16)23(30)28-8-10-31-11-9-28)27-22(29)5-3-17-13-24-7-6-20(17)18-14-25-26-15-18/h2-7,12-15H,8-11H2,1H3,(H,25,26)(H,27,29)/b5-3+. The van der Waals surface area contributed by atoms with Crippen molar-refractivity contribution in [2.24, 2.45) is 0 Å². The number of H-pyrrole nitrogens is 1. The van der Waals surface area contributed by atoms with Crippen molar-refractivity contribution in [1.82, 2.24) is 20.1 Å². The van der Waals surface area contributed by atoms with E-state index in [-0.39, 0.29) is 11.8 Å². The Hall–Kier alpha value is -3.78. The van der Waals surface area contributed by atoms with E-state index in [9.17, 15) is 9.59 Å². The highest BCUT2D eigenvalue weighted by atomic mass is 16.5. The normalized spacial score (nSPS) is 14.0. The van der Waals surface area contributed by atoms with Crippen molar-refractivity contribution in [3.63, 3.8) is 0 Å². The van der Waals surface area contributed by atoms with Crippen LogP contribution in [0, 0.1) is 6.92 Å². The van der Waals surface area contributed by atoms with Gasteiger partial charge < -0.3 is 15.0 Å². The fourth-order valence-corrected chi connectivity index (χ4v) is 3.42. The molecule has 0 spiro atoms. The Morgan fingerprint density at radius 3 is 2.81 bits per heavy atom. The molecule has 3 aromatic rings. The lowest BCUT2D eigenvalue weighted by Crippen LogP contribution is -2.41. The summed E-state index contributed by atoms with van der Waals surface area (Å²) < 4.78 is 5.32. The number of nitrogens with zero attached hydrogens (tertiary/aromatic N) is 3. The number of ether oxygens (including phenoxy) is 1. The topological polar surface area (TPSA) is 100 Å². The van der Waals surface area contributed by atoms with Gasteiger partial charge in [-0.2, -0.15) is 5.10 Å². The fourth-order valence-electron chi connectivity index (χ4n) is 3.42. The molecule has 1 aromatic carbocycles. The van der Waals surface area contributed by atoms with Crippen LogP contribution in [0.25, 0.3) is 17.2 Å². The molecule has 0 radical (unpaired) electrons. The van der Waals surface area contributed by atoms with Crippen LogP contribution in [-0.4, -0.2) is 58.2 Å². The highest BCUT2D eigenvalue weighted by Gasteiger charge is 2.20. The molecular formula is C23H23N5O3. The van der Waals surface area contributed by atoms with Crippen molar-refractivity contribution < 1.29 is 14.3 Å². The number of hydrogen-bond donors (Lipinski definition) is 2. The average Bonchev–Trinajstić information content (AvgIpc) is 3.34. The lowest BCUT2D eigenvalue weighted by atomic mass is 10.0. The third kappa shape index (κ3) is 4.87. The van der Waals surface area contributed by atoms with Gasteiger partial charge in [0.2, 0.25) is 5.91 Å². The predicted octanol–water partition coefficient (Wildman–Crippen LogP) is 2.90. The summed E-state index contributed by atoms with van der Waals surface area (Å²) in [6.45, 7) is 4.12. The minimum absolute atomic E-state index is 0.0486. The molecule has 1 fully saturated rings. The Morgan fingerprint density at radius 2 is 2.03 bits per heavy atom. The van der Waals surface area contributed by atoms with Crippen LogP contribution in [0.15, 0.2) is 55.1 Å². The van der Waals surface area contributed by atoms with Crippen molar-refractivity contribution in [1.29, 1.82) is 0 Å². The first-order valence-electron chi connectivity index (χ1n) is 10.0. The maximum absolute atomic E-state index is 12.8. The number of morpholine rings is 1. The van der Waals surface area contributed by atoms with Crippen LogP contribution >= 0.6 is 0 Å². The third-order valence-electron chi connectivity index (χ3n) is 5.11. The molecule has 1 aliphatic rings. The van der Waals surface area contributed by atoms with Crippen LogP contribution in [0.1, 0.15) is 21.5 Å². The number of pyridine rings is 1. The van der Waals surface area contributed by atoms with E-state index in [1.807, 2.05) is 19.1 Å². The van der Waals surface area contributed by atoms with Gasteiger partial charge >= 0.3 is 0 Å². The van der Waals surface area contributed by atoms with E-state index in [2.05, 4.69) is 20.5 Å². The quantitative estimate of drug-likeness (QED) is 0.622. The number of nitrogens with one attached hydrogen (secondary N) is 2. The van der Waals surface area contributed by atoms with E-state index in [4.69, 9.17) is 4.74 Å². The van der Waals surface area contributed by atoms with Crippen LogP contribution in [0.2, 0.25) is 0 Å². The Morgan fingerprint density at radius 1 is 1.19 bits per heavy atom. The van der Waals surface area contributed by atoms with E-state index in [1.54, 1.807) is 47.9 Å². The molecule has 2 aromatic heterocycles. The Labute approximate surface area is 179 Å². The van der Waals surface area contributed by atoms with Crippen molar-refractivity contribution >= 4 is 23.6 Å². The number of carbonyl (C=O) groups is 2. The Balaban J connectivity index is 1.48. The van der Waals surface area contributed by atoms with Crippen molar-refractivity contribution in [2.45, 2.75) is 6.92 Å². The molecule has 1 saturated heterocycles. The fraction of sp³-hybridized carbons (Fsp3) is 0.217. The summed E-state index contributed by atoms with van der Waals surface area (Å²) in [5, 5.41) is 9.58. The van der Waals surface area contributed by atoms with Gasteiger partial charge in [0.25, 0.3) is 5.91 Å². The number of hydrogen-bond acceptors (Lipinski definition) is 5. The first-order chi connectivity index (χ1) is 15.1. The second-order valence-corrected chi connectivity index (χ2v) is 7.21. The molecule has 8 heteroatoms. The van der Waals surface area contributed by atoms with Crippen LogP contribution in [-0.2, 0) is 9.53 Å². The molecule has 8 nitrogen and oxygen atoms in total. The first-order valence-corrected chi connectivity index (χ1v) is 10.0. The maximum Gasteiger partial charge on any atom is 0.254 e. The minimum atomic E-state index is -0.296. The number of carbonyl (C=O) groups excluding carboxylic acids is 2. The maximum atomic E-state index is 12.8. The molecule has 0 aliphatic carbocycles. The monoisotopic (exact) mass is 417 g/mol. The van der Waals surface area contributed by atoms with E-state index < -0.39 is 0 Å². The zero-order chi connectivity index (χ0) is 21.6. The molecule has 1 aliphatic heterocycles. The van der Waals surface area contributed by atoms with Crippen LogP contribution < -0.4 is 5.32 Å². The molecular weight excluding hydrogens is 394 g/mol. The molecule has 0 atom stereocenters. The number of benzene rings is 1. The summed E-state index contributed by atoms with van der Waals surface area (Å²) in [4.78, 5) is 31.3. The summed E-state index contributed by atoms with van der Waals surface area (Å²) in [7, 11) is 0. The molecule has 4 rings (SSSR count). The van der Waals surface area contributed by atoms with Crippen molar-refractivity contribution in [2.75, 3.05) is 31.6 Å². The Kier molecular flexibility index (Phi) is 6.18. The van der Waals surface area contributed by atoms with Gasteiger partial charge in [-0.1, -0.05) is 6.07 Å². The van der Waals surface area contributed by atoms with Gasteiger partial charge in [-0.3, -0.25) is 19.7 Å². The summed E-state index contributed by atoms with van der Waals surface area (Å²) in [6.07, 6.45) is 10.0. The summed E-state index contributed by atoms with van der Waals surface area (Å²) in [6, 6.07) is 7.22. The lowest BCUT2D eigenvalue weighted by Gasteiger charge is -2.27. The zero-order valence-electron chi connectivity index (χ0n) is 17.2. The van der Waals surface area contributed by atoms with Crippen LogP contribution in [0.3, 0.4) is 0 Å². The van der Waals surface area contributed by atoms with Gasteiger partial charge in [0.15, 0.2) is 0 Å². The van der Waals surface area contributed by atoms with Gasteiger partial charge in [0.05, 0.1) is 19.4 Å². The number of rotatable bonds is 5. The van der Waals surface area contributed by atoms with Crippen molar-refractivity contribution in [3.8, 4) is 11.1 Å². The highest BCUT2D eigenvalue weighted by molar-refractivity contribution is 6.03. The first kappa shape index (κ1) is 20.5. The summed E-state index contributed by atoms with van der Waals surface area (Å²) in [5.74, 6) is -0.344. The predicted molar refractivity (Wildman–Crippen MR) is 117 cm³/mol. The third-order valence-corrected chi connectivity index (χ3v) is 5.11. The summed E-state index contributed by atoms with van der Waals surface area (Å²) >= 11 is 0. The number of aryl methyl sites for hydroxylation is 1. The number of amides is 2. The molecule has 0 saturated carbocycles. The molecule has 31 heavy (non-hydrogen) atoms. The molecule has 158 valence electrons. The smallest absolute Gasteiger partial charge is 0.254 e. The lowest BCUT2D eigenvalue weighted by molar-refractivity contribution is -0.111. The second-order valence-electron chi connectivity index (χ2n) is 7.21. The van der Waals surface area contributed by atoms with E-state index in [0.717, 1.165) is 22.3 Å². The summed E-state index contributed by atoms with van der Waals surface area (Å²) in [5.41, 5.74) is 4.64. The SMILES string of the molecule is Cc1ccc(NC(=O)/C=C/c2cnccc2-c2cn[nH]c2)cc1C(=O)N1CCOCC1. The average molecular weight is 417 g/mol. The Bertz CT molecular complexity index is 1100. The van der Waals surface area contributed by atoms with Gasteiger partial charge in [-0.15, -0.1) is 0 Å². The molecule has 3 heterocycles. The van der Waals surface area contributed by atoms with E-state index in [1.165, 1.54) is 6.08 Å². The number of aromatic nitrogens is 3. The van der Waals surface area contributed by atoms with Crippen LogP contribution in [0.5, 0.6) is 0 Å². The second kappa shape index (κ2) is 9.36. The highest BCUT2D eigenvalue weighted by Crippen LogP contribution is 2.23. The molecule has 2 amide bonds. The minimum Gasteiger partial charge on any atom is -0.378 e. The van der Waals surface area contributed by atoms with Crippen LogP contribution in [0.4, 0.5) is 5.69 Å². The van der Waals surface area contributed by atoms with E-state index in [0.29, 0.717) is 37.6 Å². The van der Waals surface area contributed by atoms with Gasteiger partial charge in [-0.25, -0.2) is 0 Å². The van der Waals surface area contributed by atoms with E-state index >= 15 is 0 Å². The zero-order valence-corrected chi connectivity index (χ0v) is 17.2. The number of anilines is 1. The van der Waals surface area contributed by atoms with Gasteiger partial charge in [0.1, 0.15) is 0 Å². The molecule has 0 bridgehead atoms. The van der Waals surface area contributed by atoms with Gasteiger partial charge in [0, 0.05) is 60.1 Å². The van der Waals surface area contributed by atoms with Gasteiger partial charge in [-0.05, 0) is 42.3 Å². The molecule has 2 N–H and O–H groups in total.